The molecule has 20 heavy (non-hydrogen) atoms. The fourth-order valence-electron chi connectivity index (χ4n) is 1.74. The molecule has 2 aromatic rings. The predicted molar refractivity (Wildman–Crippen MR) is 84.2 cm³/mol. The van der Waals surface area contributed by atoms with Crippen LogP contribution in [0.5, 0.6) is 0 Å². The third kappa shape index (κ3) is 3.59. The van der Waals surface area contributed by atoms with E-state index in [-0.39, 0.29) is 5.82 Å². The van der Waals surface area contributed by atoms with E-state index in [0.717, 1.165) is 9.13 Å². The van der Waals surface area contributed by atoms with Crippen molar-refractivity contribution in [3.63, 3.8) is 0 Å². The summed E-state index contributed by atoms with van der Waals surface area (Å²) in [6.45, 7) is 5.45. The molecule has 0 spiro atoms. The van der Waals surface area contributed by atoms with Gasteiger partial charge in [-0.15, -0.1) is 0 Å². The van der Waals surface area contributed by atoms with E-state index in [4.69, 9.17) is 4.74 Å². The summed E-state index contributed by atoms with van der Waals surface area (Å²) < 4.78 is 20.7. The van der Waals surface area contributed by atoms with Crippen LogP contribution in [-0.4, -0.2) is 16.3 Å². The summed E-state index contributed by atoms with van der Waals surface area (Å²) in [5, 5.41) is 0. The Morgan fingerprint density at radius 3 is 2.40 bits per heavy atom. The fourth-order valence-corrected chi connectivity index (χ4v) is 2.31. The van der Waals surface area contributed by atoms with Crippen molar-refractivity contribution in [3.05, 3.63) is 45.9 Å². The largest absolute Gasteiger partial charge is 0.443 e. The van der Waals surface area contributed by atoms with Crippen molar-refractivity contribution in [2.45, 2.75) is 26.4 Å². The summed E-state index contributed by atoms with van der Waals surface area (Å²) in [6, 6.07) is 7.88. The van der Waals surface area contributed by atoms with Gasteiger partial charge in [0.25, 0.3) is 0 Å². The molecule has 0 aliphatic carbocycles. The van der Waals surface area contributed by atoms with Crippen LogP contribution < -0.4 is 0 Å². The highest BCUT2D eigenvalue weighted by Gasteiger charge is 2.20. The third-order valence-electron chi connectivity index (χ3n) is 2.52. The highest BCUT2D eigenvalue weighted by Crippen LogP contribution is 2.25. The lowest BCUT2D eigenvalue weighted by molar-refractivity contribution is 0.0540. The van der Waals surface area contributed by atoms with Crippen LogP contribution in [-0.2, 0) is 4.74 Å². The molecule has 5 heteroatoms. The Balaban J connectivity index is 2.40. The van der Waals surface area contributed by atoms with Gasteiger partial charge in [0.2, 0.25) is 0 Å². The van der Waals surface area contributed by atoms with Gasteiger partial charge in [0.05, 0.1) is 5.69 Å². The van der Waals surface area contributed by atoms with Gasteiger partial charge in [-0.05, 0) is 79.3 Å². The number of carbonyl (C=O) groups excluding carboxylic acids is 1. The summed E-state index contributed by atoms with van der Waals surface area (Å²) in [4.78, 5) is 12.2. The zero-order valence-corrected chi connectivity index (χ0v) is 13.6. The molecule has 1 heterocycles. The second kappa shape index (κ2) is 5.55. The molecule has 0 amide bonds. The zero-order chi connectivity index (χ0) is 14.9. The number of halogens is 2. The molecule has 1 aromatic carbocycles. The van der Waals surface area contributed by atoms with Gasteiger partial charge >= 0.3 is 6.09 Å². The first kappa shape index (κ1) is 15.0. The van der Waals surface area contributed by atoms with Gasteiger partial charge in [0, 0.05) is 9.77 Å². The molecule has 0 radical (unpaired) electrons. The standard InChI is InChI=1S/C15H15FINO2/c1-15(2,3)20-14(19)18-9-12(17)8-13(18)10-4-6-11(16)7-5-10/h4-9H,1-3H3. The Kier molecular flexibility index (Phi) is 4.17. The Morgan fingerprint density at radius 2 is 1.85 bits per heavy atom. The number of hydrogen-bond donors (Lipinski definition) is 0. The van der Waals surface area contributed by atoms with Crippen LogP contribution in [0.3, 0.4) is 0 Å². The summed E-state index contributed by atoms with van der Waals surface area (Å²) in [6.07, 6.45) is 1.26. The van der Waals surface area contributed by atoms with Crippen molar-refractivity contribution in [1.29, 1.82) is 0 Å². The molecule has 0 fully saturated rings. The van der Waals surface area contributed by atoms with Gasteiger partial charge in [-0.25, -0.2) is 9.18 Å². The SMILES string of the molecule is CC(C)(C)OC(=O)n1cc(I)cc1-c1ccc(F)cc1. The highest BCUT2D eigenvalue weighted by molar-refractivity contribution is 14.1. The number of carbonyl (C=O) groups is 1. The molecule has 106 valence electrons. The van der Waals surface area contributed by atoms with E-state index in [1.807, 2.05) is 26.8 Å². The molecule has 2 rings (SSSR count). The van der Waals surface area contributed by atoms with E-state index in [0.29, 0.717) is 5.69 Å². The quantitative estimate of drug-likeness (QED) is 0.666. The molecule has 0 N–H and O–H groups in total. The van der Waals surface area contributed by atoms with Crippen molar-refractivity contribution < 1.29 is 13.9 Å². The van der Waals surface area contributed by atoms with Crippen molar-refractivity contribution in [3.8, 4) is 11.3 Å². The Hall–Kier alpha value is -1.37. The number of benzene rings is 1. The molecule has 0 unspecified atom stereocenters. The maximum atomic E-state index is 13.0. The second-order valence-corrected chi connectivity index (χ2v) is 6.65. The minimum atomic E-state index is -0.563. The lowest BCUT2D eigenvalue weighted by atomic mass is 10.1. The Labute approximate surface area is 130 Å². The summed E-state index contributed by atoms with van der Waals surface area (Å²) in [5.41, 5.74) is 0.885. The van der Waals surface area contributed by atoms with Gasteiger partial charge in [0.1, 0.15) is 11.4 Å². The van der Waals surface area contributed by atoms with Crippen LogP contribution in [0, 0.1) is 9.39 Å². The molecule has 0 aliphatic rings. The van der Waals surface area contributed by atoms with Gasteiger partial charge < -0.3 is 4.74 Å². The monoisotopic (exact) mass is 387 g/mol. The van der Waals surface area contributed by atoms with Gasteiger partial charge in [-0.3, -0.25) is 4.57 Å². The van der Waals surface area contributed by atoms with Crippen LogP contribution in [0.1, 0.15) is 20.8 Å². The lowest BCUT2D eigenvalue weighted by Gasteiger charge is -2.20. The molecule has 0 saturated carbocycles. The molecular weight excluding hydrogens is 372 g/mol. The van der Waals surface area contributed by atoms with Crippen molar-refractivity contribution in [1.82, 2.24) is 4.57 Å². The fraction of sp³-hybridized carbons (Fsp3) is 0.267. The molecule has 0 bridgehead atoms. The van der Waals surface area contributed by atoms with Gasteiger partial charge in [-0.2, -0.15) is 0 Å². The summed E-state index contributed by atoms with van der Waals surface area (Å²) in [7, 11) is 0. The van der Waals surface area contributed by atoms with Crippen LogP contribution in [0.25, 0.3) is 11.3 Å². The Morgan fingerprint density at radius 1 is 1.25 bits per heavy atom. The number of rotatable bonds is 1. The van der Waals surface area contributed by atoms with E-state index in [1.165, 1.54) is 16.7 Å². The average molecular weight is 387 g/mol. The number of aromatic nitrogens is 1. The van der Waals surface area contributed by atoms with Crippen LogP contribution >= 0.6 is 22.6 Å². The minimum Gasteiger partial charge on any atom is -0.443 e. The first-order chi connectivity index (χ1) is 9.26. The molecule has 0 saturated heterocycles. The van der Waals surface area contributed by atoms with Crippen molar-refractivity contribution >= 4 is 28.7 Å². The maximum absolute atomic E-state index is 13.0. The molecular formula is C15H15FINO2. The topological polar surface area (TPSA) is 31.2 Å². The van der Waals surface area contributed by atoms with Crippen LogP contribution in [0.2, 0.25) is 0 Å². The molecule has 3 nitrogen and oxygen atoms in total. The maximum Gasteiger partial charge on any atom is 0.419 e. The van der Waals surface area contributed by atoms with Crippen molar-refractivity contribution in [2.24, 2.45) is 0 Å². The normalized spacial score (nSPS) is 11.4. The first-order valence-corrected chi connectivity index (χ1v) is 7.21. The van der Waals surface area contributed by atoms with E-state index in [9.17, 15) is 9.18 Å². The molecule has 0 aliphatic heterocycles. The number of ether oxygens (including phenoxy) is 1. The predicted octanol–water partition coefficient (Wildman–Crippen LogP) is 4.68. The Bertz CT molecular complexity index is 626. The number of hydrogen-bond acceptors (Lipinski definition) is 2. The van der Waals surface area contributed by atoms with Crippen LogP contribution in [0.4, 0.5) is 9.18 Å². The second-order valence-electron chi connectivity index (χ2n) is 5.40. The first-order valence-electron chi connectivity index (χ1n) is 6.13. The zero-order valence-electron chi connectivity index (χ0n) is 11.5. The third-order valence-corrected chi connectivity index (χ3v) is 3.11. The smallest absolute Gasteiger partial charge is 0.419 e. The summed E-state index contributed by atoms with van der Waals surface area (Å²) >= 11 is 2.13. The van der Waals surface area contributed by atoms with E-state index in [2.05, 4.69) is 22.6 Å². The van der Waals surface area contributed by atoms with Gasteiger partial charge in [0.15, 0.2) is 0 Å². The molecule has 0 atom stereocenters. The van der Waals surface area contributed by atoms with Crippen molar-refractivity contribution in [2.75, 3.05) is 0 Å². The van der Waals surface area contributed by atoms with E-state index in [1.54, 1.807) is 18.3 Å². The van der Waals surface area contributed by atoms with Gasteiger partial charge in [-0.1, -0.05) is 0 Å². The average Bonchev–Trinajstić information content (AvgIpc) is 2.70. The minimum absolute atomic E-state index is 0.307. The van der Waals surface area contributed by atoms with Crippen LogP contribution in [0.15, 0.2) is 36.5 Å². The summed E-state index contributed by atoms with van der Waals surface area (Å²) in [5.74, 6) is -0.307. The van der Waals surface area contributed by atoms with E-state index < -0.39 is 11.7 Å². The molecule has 1 aromatic heterocycles. The number of nitrogens with zero attached hydrogens (tertiary/aromatic N) is 1. The highest BCUT2D eigenvalue weighted by atomic mass is 127. The van der Waals surface area contributed by atoms with E-state index >= 15 is 0 Å². The lowest BCUT2D eigenvalue weighted by Crippen LogP contribution is -2.27.